The minimum Gasteiger partial charge on any atom is -0.477 e. The minimum absolute atomic E-state index is 0.114. The number of hydrogen-bond acceptors (Lipinski definition) is 3. The molecule has 0 amide bonds. The van der Waals surface area contributed by atoms with E-state index in [9.17, 15) is 14.7 Å². The largest absolute Gasteiger partial charge is 0.477 e. The van der Waals surface area contributed by atoms with Crippen molar-refractivity contribution in [2.75, 3.05) is 6.54 Å². The molecule has 138 valence electrons. The highest BCUT2D eigenvalue weighted by molar-refractivity contribution is 5.88. The van der Waals surface area contributed by atoms with Crippen molar-refractivity contribution in [3.63, 3.8) is 0 Å². The third-order valence-electron chi connectivity index (χ3n) is 5.27. The average molecular weight is 354 g/mol. The number of nitrogens with zero attached hydrogens (tertiary/aromatic N) is 2. The zero-order valence-electron chi connectivity index (χ0n) is 15.2. The van der Waals surface area contributed by atoms with Gasteiger partial charge >= 0.3 is 5.97 Å². The lowest BCUT2D eigenvalue weighted by atomic mass is 9.98. The maximum Gasteiger partial charge on any atom is 0.341 e. The quantitative estimate of drug-likeness (QED) is 0.865. The van der Waals surface area contributed by atoms with Crippen LogP contribution < -0.4 is 5.56 Å². The van der Waals surface area contributed by atoms with E-state index in [4.69, 9.17) is 0 Å². The maximum atomic E-state index is 12.4. The number of carbonyl (C=O) groups is 1. The monoisotopic (exact) mass is 354 g/mol. The zero-order chi connectivity index (χ0) is 18.5. The van der Waals surface area contributed by atoms with Gasteiger partial charge in [0.2, 0.25) is 0 Å². The average Bonchev–Trinajstić information content (AvgIpc) is 2.63. The number of pyridine rings is 1. The predicted molar refractivity (Wildman–Crippen MR) is 102 cm³/mol. The molecule has 5 nitrogen and oxygen atoms in total. The van der Waals surface area contributed by atoms with E-state index in [1.807, 2.05) is 6.07 Å². The van der Waals surface area contributed by atoms with Crippen molar-refractivity contribution >= 4 is 5.97 Å². The van der Waals surface area contributed by atoms with Crippen LogP contribution >= 0.6 is 0 Å². The first-order valence-electron chi connectivity index (χ1n) is 9.27. The molecule has 1 unspecified atom stereocenters. The minimum atomic E-state index is -1.15. The first-order valence-corrected chi connectivity index (χ1v) is 9.27. The number of carboxylic acid groups (broad SMARTS) is 1. The van der Waals surface area contributed by atoms with Crippen molar-refractivity contribution in [3.05, 3.63) is 69.6 Å². The summed E-state index contributed by atoms with van der Waals surface area (Å²) < 4.78 is 1.55. The predicted octanol–water partition coefficient (Wildman–Crippen LogP) is 3.30. The van der Waals surface area contributed by atoms with Crippen LogP contribution in [0.25, 0.3) is 0 Å². The second-order valence-electron chi connectivity index (χ2n) is 7.07. The second kappa shape index (κ2) is 8.32. The molecule has 26 heavy (non-hydrogen) atoms. The Morgan fingerprint density at radius 3 is 2.69 bits per heavy atom. The molecular weight excluding hydrogens is 328 g/mol. The molecule has 1 aromatic carbocycles. The Morgan fingerprint density at radius 1 is 1.19 bits per heavy atom. The fraction of sp³-hybridized carbons (Fsp3) is 0.429. The Morgan fingerprint density at radius 2 is 1.96 bits per heavy atom. The Labute approximate surface area is 153 Å². The van der Waals surface area contributed by atoms with Crippen LogP contribution in [0.1, 0.15) is 47.2 Å². The molecule has 0 aliphatic carbocycles. The summed E-state index contributed by atoms with van der Waals surface area (Å²) in [6.07, 6.45) is 6.11. The first kappa shape index (κ1) is 18.4. The van der Waals surface area contributed by atoms with Crippen LogP contribution in [0.3, 0.4) is 0 Å². The number of carboxylic acids is 1. The lowest BCUT2D eigenvalue weighted by Crippen LogP contribution is -2.40. The van der Waals surface area contributed by atoms with Crippen molar-refractivity contribution in [1.82, 2.24) is 9.47 Å². The van der Waals surface area contributed by atoms with Crippen molar-refractivity contribution in [3.8, 4) is 0 Å². The molecule has 0 radical (unpaired) electrons. The number of aryl methyl sites for hydroxylation is 2. The summed E-state index contributed by atoms with van der Waals surface area (Å²) >= 11 is 0. The molecule has 3 rings (SSSR count). The lowest BCUT2D eigenvalue weighted by molar-refractivity contribution is 0.0693. The van der Waals surface area contributed by atoms with Gasteiger partial charge in [0.1, 0.15) is 5.56 Å². The SMILES string of the molecule is Cc1ccn(CCC2CCCCN2Cc2ccccc2)c(=O)c1C(=O)O. The topological polar surface area (TPSA) is 62.5 Å². The smallest absolute Gasteiger partial charge is 0.341 e. The number of aromatic carboxylic acids is 1. The highest BCUT2D eigenvalue weighted by atomic mass is 16.4. The van der Waals surface area contributed by atoms with Gasteiger partial charge in [-0.15, -0.1) is 0 Å². The first-order chi connectivity index (χ1) is 12.6. The molecule has 1 fully saturated rings. The molecule has 2 heterocycles. The van der Waals surface area contributed by atoms with Gasteiger partial charge in [-0.1, -0.05) is 36.8 Å². The van der Waals surface area contributed by atoms with Crippen LogP contribution in [0.15, 0.2) is 47.4 Å². The van der Waals surface area contributed by atoms with E-state index in [0.717, 1.165) is 25.9 Å². The highest BCUT2D eigenvalue weighted by Gasteiger charge is 2.23. The van der Waals surface area contributed by atoms with Gasteiger partial charge in [0.05, 0.1) is 0 Å². The van der Waals surface area contributed by atoms with Crippen molar-refractivity contribution in [2.24, 2.45) is 0 Å². The van der Waals surface area contributed by atoms with E-state index in [1.54, 1.807) is 23.8 Å². The number of aromatic nitrogens is 1. The molecule has 2 aromatic rings. The van der Waals surface area contributed by atoms with Crippen LogP contribution in [0, 0.1) is 6.92 Å². The van der Waals surface area contributed by atoms with E-state index in [2.05, 4.69) is 29.2 Å². The lowest BCUT2D eigenvalue weighted by Gasteiger charge is -2.36. The molecule has 0 saturated carbocycles. The van der Waals surface area contributed by atoms with E-state index < -0.39 is 11.5 Å². The van der Waals surface area contributed by atoms with E-state index in [1.165, 1.54) is 18.4 Å². The number of piperidine rings is 1. The summed E-state index contributed by atoms with van der Waals surface area (Å²) in [5, 5.41) is 9.27. The number of rotatable bonds is 6. The van der Waals surface area contributed by atoms with Crippen LogP contribution in [0.2, 0.25) is 0 Å². The fourth-order valence-corrected chi connectivity index (χ4v) is 3.80. The molecule has 1 aliphatic heterocycles. The Bertz CT molecular complexity index is 814. The Hall–Kier alpha value is -2.40. The van der Waals surface area contributed by atoms with Gasteiger partial charge in [-0.05, 0) is 49.9 Å². The summed E-state index contributed by atoms with van der Waals surface area (Å²) in [7, 11) is 0. The third-order valence-corrected chi connectivity index (χ3v) is 5.27. The zero-order valence-corrected chi connectivity index (χ0v) is 15.2. The summed E-state index contributed by atoms with van der Waals surface area (Å²) in [4.78, 5) is 26.3. The van der Waals surface area contributed by atoms with E-state index in [-0.39, 0.29) is 5.56 Å². The van der Waals surface area contributed by atoms with Crippen LogP contribution in [-0.4, -0.2) is 33.1 Å². The number of benzene rings is 1. The summed E-state index contributed by atoms with van der Waals surface area (Å²) in [5.41, 5.74) is 1.31. The summed E-state index contributed by atoms with van der Waals surface area (Å²) in [6.45, 7) is 4.21. The molecule has 1 aromatic heterocycles. The Balaban J connectivity index is 1.70. The third kappa shape index (κ3) is 4.22. The normalized spacial score (nSPS) is 18.0. The molecule has 1 atom stereocenters. The molecule has 0 spiro atoms. The summed E-state index contributed by atoms with van der Waals surface area (Å²) in [6, 6.07) is 12.6. The van der Waals surface area contributed by atoms with Crippen molar-refractivity contribution in [1.29, 1.82) is 0 Å². The molecular formula is C21H26N2O3. The van der Waals surface area contributed by atoms with Gasteiger partial charge in [-0.2, -0.15) is 0 Å². The standard InChI is InChI=1S/C21H26N2O3/c1-16-10-13-22(20(24)19(16)21(25)26)14-11-18-9-5-6-12-23(18)15-17-7-3-2-4-8-17/h2-4,7-8,10,13,18H,5-6,9,11-12,14-15H2,1H3,(H,25,26). The van der Waals surface area contributed by atoms with Gasteiger partial charge in [0, 0.05) is 25.3 Å². The van der Waals surface area contributed by atoms with Gasteiger partial charge in [-0.3, -0.25) is 9.69 Å². The van der Waals surface area contributed by atoms with Crippen LogP contribution in [0.5, 0.6) is 0 Å². The fourth-order valence-electron chi connectivity index (χ4n) is 3.80. The number of hydrogen-bond donors (Lipinski definition) is 1. The molecule has 1 N–H and O–H groups in total. The molecule has 1 saturated heterocycles. The van der Waals surface area contributed by atoms with Crippen LogP contribution in [0.4, 0.5) is 0 Å². The van der Waals surface area contributed by atoms with E-state index in [0.29, 0.717) is 18.2 Å². The molecule has 5 heteroatoms. The van der Waals surface area contributed by atoms with E-state index >= 15 is 0 Å². The van der Waals surface area contributed by atoms with Gasteiger partial charge < -0.3 is 9.67 Å². The summed E-state index contributed by atoms with van der Waals surface area (Å²) in [5.74, 6) is -1.15. The second-order valence-corrected chi connectivity index (χ2v) is 7.07. The highest BCUT2D eigenvalue weighted by Crippen LogP contribution is 2.22. The molecule has 0 bridgehead atoms. The van der Waals surface area contributed by atoms with Crippen LogP contribution in [-0.2, 0) is 13.1 Å². The van der Waals surface area contributed by atoms with Crippen molar-refractivity contribution < 1.29 is 9.90 Å². The van der Waals surface area contributed by atoms with Gasteiger partial charge in [-0.25, -0.2) is 4.79 Å². The Kier molecular flexibility index (Phi) is 5.89. The molecule has 1 aliphatic rings. The maximum absolute atomic E-state index is 12.4. The van der Waals surface area contributed by atoms with Crippen molar-refractivity contribution in [2.45, 2.75) is 51.7 Å². The van der Waals surface area contributed by atoms with Gasteiger partial charge in [0.15, 0.2) is 0 Å². The van der Waals surface area contributed by atoms with Gasteiger partial charge in [0.25, 0.3) is 5.56 Å². The number of likely N-dealkylation sites (tertiary alicyclic amines) is 1.